The van der Waals surface area contributed by atoms with Gasteiger partial charge in [0.25, 0.3) is 0 Å². The Hall–Kier alpha value is -0.470. The molecule has 2 unspecified atom stereocenters. The van der Waals surface area contributed by atoms with Crippen molar-refractivity contribution in [2.45, 2.75) is 56.7 Å². The summed E-state index contributed by atoms with van der Waals surface area (Å²) >= 11 is 2.07. The molecule has 0 saturated heterocycles. The Morgan fingerprint density at radius 3 is 2.42 bits per heavy atom. The second-order valence-corrected chi connectivity index (χ2v) is 7.16. The quantitative estimate of drug-likeness (QED) is 0.772. The number of thioether (sulfide) groups is 1. The van der Waals surface area contributed by atoms with Crippen molar-refractivity contribution in [2.75, 3.05) is 12.8 Å². The van der Waals surface area contributed by atoms with Crippen molar-refractivity contribution in [3.63, 3.8) is 0 Å². The molecule has 2 rings (SSSR count). The summed E-state index contributed by atoms with van der Waals surface area (Å²) < 4.78 is 0. The third-order valence-electron chi connectivity index (χ3n) is 4.39. The van der Waals surface area contributed by atoms with E-state index >= 15 is 0 Å². The predicted molar refractivity (Wildman–Crippen MR) is 87.0 cm³/mol. The topological polar surface area (TPSA) is 12.0 Å². The largest absolute Gasteiger partial charge is 0.312 e. The molecule has 1 aromatic rings. The fourth-order valence-corrected chi connectivity index (χ4v) is 3.58. The molecular weight excluding hydrogens is 250 g/mol. The molecule has 0 amide bonds. The van der Waals surface area contributed by atoms with Gasteiger partial charge in [-0.15, -0.1) is 0 Å². The van der Waals surface area contributed by atoms with Gasteiger partial charge in [0.1, 0.15) is 0 Å². The Morgan fingerprint density at radius 2 is 1.95 bits per heavy atom. The highest BCUT2D eigenvalue weighted by atomic mass is 32.2. The van der Waals surface area contributed by atoms with Gasteiger partial charge in [-0.2, -0.15) is 11.8 Å². The fraction of sp³-hybridized carbons (Fsp3) is 0.647. The molecule has 19 heavy (non-hydrogen) atoms. The lowest BCUT2D eigenvalue weighted by Gasteiger charge is -2.26. The van der Waals surface area contributed by atoms with E-state index in [2.05, 4.69) is 62.2 Å². The molecule has 1 saturated carbocycles. The molecule has 106 valence electrons. The summed E-state index contributed by atoms with van der Waals surface area (Å²) in [6.07, 6.45) is 5.44. The van der Waals surface area contributed by atoms with E-state index in [1.165, 1.54) is 31.2 Å². The van der Waals surface area contributed by atoms with Crippen LogP contribution >= 0.6 is 11.8 Å². The number of rotatable bonds is 7. The highest BCUT2D eigenvalue weighted by Gasteiger charge is 2.19. The van der Waals surface area contributed by atoms with Crippen LogP contribution in [0.2, 0.25) is 0 Å². The van der Waals surface area contributed by atoms with Gasteiger partial charge in [-0.3, -0.25) is 0 Å². The highest BCUT2D eigenvalue weighted by Crippen LogP contribution is 2.36. The van der Waals surface area contributed by atoms with Crippen LogP contribution < -0.4 is 5.32 Å². The van der Waals surface area contributed by atoms with Crippen molar-refractivity contribution in [3.05, 3.63) is 35.4 Å². The maximum absolute atomic E-state index is 3.45. The van der Waals surface area contributed by atoms with Gasteiger partial charge in [-0.05, 0) is 43.4 Å². The minimum Gasteiger partial charge on any atom is -0.312 e. The smallest absolute Gasteiger partial charge is 0.0409 e. The second-order valence-electron chi connectivity index (χ2n) is 5.69. The number of nitrogens with one attached hydrogen (secondary N) is 1. The van der Waals surface area contributed by atoms with E-state index in [1.54, 1.807) is 5.56 Å². The van der Waals surface area contributed by atoms with Gasteiger partial charge in [0.2, 0.25) is 0 Å². The lowest BCUT2D eigenvalue weighted by molar-refractivity contribution is 0.419. The van der Waals surface area contributed by atoms with Crippen molar-refractivity contribution in [1.29, 1.82) is 0 Å². The van der Waals surface area contributed by atoms with Crippen LogP contribution in [-0.2, 0) is 0 Å². The molecule has 2 atom stereocenters. The van der Waals surface area contributed by atoms with E-state index in [4.69, 9.17) is 0 Å². The van der Waals surface area contributed by atoms with E-state index in [0.717, 1.165) is 16.9 Å². The minimum atomic E-state index is 0.481. The van der Waals surface area contributed by atoms with Crippen molar-refractivity contribution >= 4 is 11.8 Å². The monoisotopic (exact) mass is 277 g/mol. The zero-order valence-electron chi connectivity index (χ0n) is 12.5. The summed E-state index contributed by atoms with van der Waals surface area (Å²) in [6.45, 7) is 4.58. The van der Waals surface area contributed by atoms with E-state index in [0.29, 0.717) is 6.04 Å². The molecule has 1 nitrogen and oxygen atoms in total. The molecular formula is C17H27NS. The van der Waals surface area contributed by atoms with Crippen LogP contribution in [0.3, 0.4) is 0 Å². The maximum atomic E-state index is 3.45. The van der Waals surface area contributed by atoms with Gasteiger partial charge in [-0.25, -0.2) is 0 Å². The first kappa shape index (κ1) is 14.9. The zero-order valence-corrected chi connectivity index (χ0v) is 13.3. The Labute approximate surface area is 122 Å². The van der Waals surface area contributed by atoms with E-state index in [-0.39, 0.29) is 0 Å². The molecule has 0 bridgehead atoms. The molecule has 1 N–H and O–H groups in total. The summed E-state index contributed by atoms with van der Waals surface area (Å²) in [5, 5.41) is 4.21. The zero-order chi connectivity index (χ0) is 13.7. The van der Waals surface area contributed by atoms with Gasteiger partial charge in [0, 0.05) is 17.0 Å². The molecule has 1 fully saturated rings. The Morgan fingerprint density at radius 1 is 1.26 bits per heavy atom. The summed E-state index contributed by atoms with van der Waals surface area (Å²) in [6, 6.07) is 9.82. The third-order valence-corrected chi connectivity index (χ3v) is 5.81. The molecule has 1 aromatic carbocycles. The van der Waals surface area contributed by atoms with Crippen LogP contribution in [0.15, 0.2) is 24.3 Å². The van der Waals surface area contributed by atoms with E-state index in [9.17, 15) is 0 Å². The van der Waals surface area contributed by atoms with Crippen molar-refractivity contribution in [1.82, 2.24) is 5.32 Å². The molecule has 0 radical (unpaired) electrons. The van der Waals surface area contributed by atoms with E-state index in [1.807, 2.05) is 0 Å². The maximum Gasteiger partial charge on any atom is 0.0409 e. The first-order valence-corrected chi connectivity index (χ1v) is 8.68. The summed E-state index contributed by atoms with van der Waals surface area (Å²) in [5.74, 6) is 2.01. The molecule has 1 aliphatic carbocycles. The van der Waals surface area contributed by atoms with Crippen molar-refractivity contribution < 1.29 is 0 Å². The first-order valence-electron chi connectivity index (χ1n) is 7.63. The average molecular weight is 277 g/mol. The SMILES string of the molecule is CCC(C)SCC(NC)c1ccc(C2CCC2)cc1. The van der Waals surface area contributed by atoms with Crippen LogP contribution in [0.25, 0.3) is 0 Å². The molecule has 0 aliphatic heterocycles. The molecule has 2 heteroatoms. The summed E-state index contributed by atoms with van der Waals surface area (Å²) in [4.78, 5) is 0. The second kappa shape index (κ2) is 7.35. The number of hydrogen-bond donors (Lipinski definition) is 1. The van der Waals surface area contributed by atoms with Crippen LogP contribution in [0, 0.1) is 0 Å². The molecule has 0 heterocycles. The van der Waals surface area contributed by atoms with E-state index < -0.39 is 0 Å². The van der Waals surface area contributed by atoms with Crippen LogP contribution in [-0.4, -0.2) is 18.1 Å². The third kappa shape index (κ3) is 4.00. The normalized spacial score (nSPS) is 18.9. The summed E-state index contributed by atoms with van der Waals surface area (Å²) in [5.41, 5.74) is 2.97. The molecule has 0 aromatic heterocycles. The standard InChI is InChI=1S/C17H27NS/c1-4-13(2)19-12-17(18-3)16-10-8-15(9-11-16)14-6-5-7-14/h8-11,13-14,17-18H,4-7,12H2,1-3H3. The number of hydrogen-bond acceptors (Lipinski definition) is 2. The highest BCUT2D eigenvalue weighted by molar-refractivity contribution is 7.99. The number of benzene rings is 1. The Balaban J connectivity index is 1.93. The fourth-order valence-electron chi connectivity index (χ4n) is 2.47. The average Bonchev–Trinajstić information content (AvgIpc) is 2.39. The van der Waals surface area contributed by atoms with Crippen LogP contribution in [0.1, 0.15) is 62.6 Å². The van der Waals surface area contributed by atoms with Gasteiger partial charge in [0.15, 0.2) is 0 Å². The summed E-state index contributed by atoms with van der Waals surface area (Å²) in [7, 11) is 2.07. The molecule has 0 spiro atoms. The van der Waals surface area contributed by atoms with Gasteiger partial charge in [0.05, 0.1) is 0 Å². The Bertz CT molecular complexity index is 369. The van der Waals surface area contributed by atoms with Crippen LogP contribution in [0.4, 0.5) is 0 Å². The van der Waals surface area contributed by atoms with Crippen molar-refractivity contribution in [2.24, 2.45) is 0 Å². The van der Waals surface area contributed by atoms with Gasteiger partial charge in [-0.1, -0.05) is 44.5 Å². The van der Waals surface area contributed by atoms with Crippen molar-refractivity contribution in [3.8, 4) is 0 Å². The van der Waals surface area contributed by atoms with Gasteiger partial charge < -0.3 is 5.32 Å². The lowest BCUT2D eigenvalue weighted by atomic mass is 9.80. The Kier molecular flexibility index (Phi) is 5.77. The minimum absolute atomic E-state index is 0.481. The van der Waals surface area contributed by atoms with Crippen LogP contribution in [0.5, 0.6) is 0 Å². The first-order chi connectivity index (χ1) is 9.24. The van der Waals surface area contributed by atoms with Gasteiger partial charge >= 0.3 is 0 Å². The predicted octanol–water partition coefficient (Wildman–Crippen LogP) is 4.75. The lowest BCUT2D eigenvalue weighted by Crippen LogP contribution is -2.20. The molecule has 1 aliphatic rings.